The predicted octanol–water partition coefficient (Wildman–Crippen LogP) is 2.55. The van der Waals surface area contributed by atoms with E-state index in [0.29, 0.717) is 18.6 Å². The van der Waals surface area contributed by atoms with E-state index in [9.17, 15) is 0 Å². The SMILES string of the molecule is CCCOc1nc(Cl)nc(N(C)C(C)CC)n1. The van der Waals surface area contributed by atoms with E-state index in [-0.39, 0.29) is 11.3 Å². The summed E-state index contributed by atoms with van der Waals surface area (Å²) in [6.45, 7) is 6.81. The molecule has 1 unspecified atom stereocenters. The number of rotatable bonds is 6. The smallest absolute Gasteiger partial charge is 0.322 e. The minimum atomic E-state index is 0.163. The van der Waals surface area contributed by atoms with Gasteiger partial charge in [0.05, 0.1) is 6.61 Å². The molecule has 0 aromatic carbocycles. The summed E-state index contributed by atoms with van der Waals surface area (Å²) >= 11 is 5.85. The second-order valence-corrected chi connectivity index (χ2v) is 4.24. The molecule has 1 atom stereocenters. The van der Waals surface area contributed by atoms with Crippen molar-refractivity contribution in [1.29, 1.82) is 0 Å². The van der Waals surface area contributed by atoms with E-state index >= 15 is 0 Å². The van der Waals surface area contributed by atoms with Gasteiger partial charge in [0.1, 0.15) is 0 Å². The average molecular weight is 259 g/mol. The maximum absolute atomic E-state index is 5.85. The van der Waals surface area contributed by atoms with Crippen LogP contribution in [0.15, 0.2) is 0 Å². The maximum atomic E-state index is 5.85. The van der Waals surface area contributed by atoms with Gasteiger partial charge >= 0.3 is 6.01 Å². The summed E-state index contributed by atoms with van der Waals surface area (Å²) in [5.41, 5.74) is 0. The van der Waals surface area contributed by atoms with Crippen LogP contribution in [-0.4, -0.2) is 34.6 Å². The molecule has 6 heteroatoms. The second-order valence-electron chi connectivity index (χ2n) is 3.90. The molecule has 0 spiro atoms. The molecule has 0 bridgehead atoms. The van der Waals surface area contributed by atoms with Crippen LogP contribution in [0.1, 0.15) is 33.6 Å². The Kier molecular flexibility index (Phi) is 5.41. The first-order valence-electron chi connectivity index (χ1n) is 5.85. The number of halogens is 1. The lowest BCUT2D eigenvalue weighted by Gasteiger charge is -2.23. The first kappa shape index (κ1) is 14.0. The van der Waals surface area contributed by atoms with Crippen molar-refractivity contribution in [2.75, 3.05) is 18.6 Å². The summed E-state index contributed by atoms with van der Waals surface area (Å²) in [6, 6.07) is 0.629. The third kappa shape index (κ3) is 4.00. The maximum Gasteiger partial charge on any atom is 0.322 e. The third-order valence-corrected chi connectivity index (χ3v) is 2.75. The highest BCUT2D eigenvalue weighted by Crippen LogP contribution is 2.16. The highest BCUT2D eigenvalue weighted by atomic mass is 35.5. The monoisotopic (exact) mass is 258 g/mol. The number of hydrogen-bond acceptors (Lipinski definition) is 5. The molecule has 0 aliphatic heterocycles. The lowest BCUT2D eigenvalue weighted by molar-refractivity contribution is 0.291. The van der Waals surface area contributed by atoms with Crippen molar-refractivity contribution in [2.45, 2.75) is 39.7 Å². The fourth-order valence-electron chi connectivity index (χ4n) is 1.21. The van der Waals surface area contributed by atoms with Gasteiger partial charge < -0.3 is 9.64 Å². The Morgan fingerprint density at radius 1 is 1.29 bits per heavy atom. The van der Waals surface area contributed by atoms with Gasteiger partial charge in [-0.25, -0.2) is 0 Å². The van der Waals surface area contributed by atoms with Crippen molar-refractivity contribution >= 4 is 17.5 Å². The minimum absolute atomic E-state index is 0.163. The summed E-state index contributed by atoms with van der Waals surface area (Å²) in [5.74, 6) is 0.547. The van der Waals surface area contributed by atoms with Crippen molar-refractivity contribution in [2.24, 2.45) is 0 Å². The minimum Gasteiger partial charge on any atom is -0.463 e. The molecule has 0 N–H and O–H groups in total. The van der Waals surface area contributed by atoms with Crippen LogP contribution in [-0.2, 0) is 0 Å². The number of ether oxygens (including phenoxy) is 1. The molecule has 17 heavy (non-hydrogen) atoms. The zero-order valence-electron chi connectivity index (χ0n) is 10.8. The van der Waals surface area contributed by atoms with E-state index in [1.54, 1.807) is 0 Å². The van der Waals surface area contributed by atoms with Gasteiger partial charge in [-0.15, -0.1) is 0 Å². The fraction of sp³-hybridized carbons (Fsp3) is 0.727. The van der Waals surface area contributed by atoms with Gasteiger partial charge in [-0.3, -0.25) is 0 Å². The molecule has 0 fully saturated rings. The van der Waals surface area contributed by atoms with Gasteiger partial charge in [0.15, 0.2) is 0 Å². The Bertz CT molecular complexity index is 361. The van der Waals surface area contributed by atoms with E-state index in [4.69, 9.17) is 16.3 Å². The average Bonchev–Trinajstić information content (AvgIpc) is 2.33. The molecule has 96 valence electrons. The fourth-order valence-corrected chi connectivity index (χ4v) is 1.36. The van der Waals surface area contributed by atoms with Gasteiger partial charge in [-0.1, -0.05) is 13.8 Å². The Morgan fingerprint density at radius 2 is 2.00 bits per heavy atom. The number of aromatic nitrogens is 3. The predicted molar refractivity (Wildman–Crippen MR) is 68.8 cm³/mol. The molecule has 1 aromatic rings. The van der Waals surface area contributed by atoms with Gasteiger partial charge in [0, 0.05) is 13.1 Å². The number of hydrogen-bond donors (Lipinski definition) is 0. The van der Waals surface area contributed by atoms with Crippen LogP contribution in [0.25, 0.3) is 0 Å². The first-order chi connectivity index (χ1) is 8.08. The Labute approximate surface area is 107 Å². The van der Waals surface area contributed by atoms with Crippen molar-refractivity contribution < 1.29 is 4.74 Å². The highest BCUT2D eigenvalue weighted by Gasteiger charge is 2.14. The molecule has 0 saturated carbocycles. The second kappa shape index (κ2) is 6.59. The van der Waals surface area contributed by atoms with Crippen molar-refractivity contribution in [3.8, 4) is 6.01 Å². The van der Waals surface area contributed by atoms with E-state index in [2.05, 4.69) is 28.8 Å². The van der Waals surface area contributed by atoms with Crippen molar-refractivity contribution in [1.82, 2.24) is 15.0 Å². The van der Waals surface area contributed by atoms with E-state index in [0.717, 1.165) is 12.8 Å². The first-order valence-corrected chi connectivity index (χ1v) is 6.23. The molecular weight excluding hydrogens is 240 g/mol. The molecule has 0 amide bonds. The van der Waals surface area contributed by atoms with Crippen LogP contribution in [0, 0.1) is 0 Å². The topological polar surface area (TPSA) is 51.1 Å². The summed E-state index contributed by atoms with van der Waals surface area (Å²) in [5, 5.41) is 0.163. The zero-order valence-corrected chi connectivity index (χ0v) is 11.5. The van der Waals surface area contributed by atoms with Crippen LogP contribution in [0.5, 0.6) is 6.01 Å². The molecular formula is C11H19ClN4O. The molecule has 0 aliphatic rings. The lowest BCUT2D eigenvalue weighted by Crippen LogP contribution is -2.30. The van der Waals surface area contributed by atoms with Crippen LogP contribution >= 0.6 is 11.6 Å². The number of anilines is 1. The Balaban J connectivity index is 2.88. The molecule has 5 nitrogen and oxygen atoms in total. The third-order valence-electron chi connectivity index (χ3n) is 2.58. The summed E-state index contributed by atoms with van der Waals surface area (Å²) < 4.78 is 5.37. The summed E-state index contributed by atoms with van der Waals surface area (Å²) in [6.07, 6.45) is 1.91. The van der Waals surface area contributed by atoms with E-state index < -0.39 is 0 Å². The highest BCUT2D eigenvalue weighted by molar-refractivity contribution is 6.28. The lowest BCUT2D eigenvalue weighted by atomic mass is 10.2. The molecule has 1 aromatic heterocycles. The molecule has 0 aliphatic carbocycles. The van der Waals surface area contributed by atoms with Crippen LogP contribution < -0.4 is 9.64 Å². The van der Waals surface area contributed by atoms with Gasteiger partial charge in [0.2, 0.25) is 11.2 Å². The van der Waals surface area contributed by atoms with Crippen LogP contribution in [0.4, 0.5) is 5.95 Å². The van der Waals surface area contributed by atoms with Crippen molar-refractivity contribution in [3.05, 3.63) is 5.28 Å². The summed E-state index contributed by atoms with van der Waals surface area (Å²) in [4.78, 5) is 14.2. The molecule has 0 saturated heterocycles. The Morgan fingerprint density at radius 3 is 2.59 bits per heavy atom. The van der Waals surface area contributed by atoms with Crippen LogP contribution in [0.2, 0.25) is 5.28 Å². The van der Waals surface area contributed by atoms with Gasteiger partial charge in [0.25, 0.3) is 0 Å². The number of nitrogens with zero attached hydrogens (tertiary/aromatic N) is 4. The van der Waals surface area contributed by atoms with Gasteiger partial charge in [-0.05, 0) is 31.4 Å². The molecule has 1 heterocycles. The molecule has 0 radical (unpaired) electrons. The largest absolute Gasteiger partial charge is 0.463 e. The normalized spacial score (nSPS) is 12.3. The molecule has 1 rings (SSSR count). The quantitative estimate of drug-likeness (QED) is 0.785. The Hall–Kier alpha value is -1.10. The van der Waals surface area contributed by atoms with E-state index in [1.165, 1.54) is 0 Å². The van der Waals surface area contributed by atoms with Gasteiger partial charge in [-0.2, -0.15) is 15.0 Å². The zero-order chi connectivity index (χ0) is 12.8. The summed E-state index contributed by atoms with van der Waals surface area (Å²) in [7, 11) is 1.93. The van der Waals surface area contributed by atoms with Crippen LogP contribution in [0.3, 0.4) is 0 Å². The standard InChI is InChI=1S/C11H19ClN4O/c1-5-7-17-11-14-9(12)13-10(15-11)16(4)8(3)6-2/h8H,5-7H2,1-4H3. The van der Waals surface area contributed by atoms with E-state index in [1.807, 2.05) is 18.9 Å². The van der Waals surface area contributed by atoms with Crippen molar-refractivity contribution in [3.63, 3.8) is 0 Å².